The van der Waals surface area contributed by atoms with E-state index in [2.05, 4.69) is 10.3 Å². The largest absolute Gasteiger partial charge is 0.386 e. The number of halogens is 4. The number of hydrogen-bond donors (Lipinski definition) is 2. The second-order valence-electron chi connectivity index (χ2n) is 5.90. The molecular weight excluding hydrogens is 410 g/mol. The molecule has 3 aromatic rings. The van der Waals surface area contributed by atoms with E-state index in [9.17, 15) is 9.50 Å². The van der Waals surface area contributed by atoms with Crippen molar-refractivity contribution in [2.45, 2.75) is 12.1 Å². The first kappa shape index (κ1) is 21.6. The van der Waals surface area contributed by atoms with Gasteiger partial charge in [0.15, 0.2) is 0 Å². The molecule has 3 nitrogen and oxygen atoms in total. The van der Waals surface area contributed by atoms with Crippen LogP contribution >= 0.6 is 35.6 Å². The number of pyridine rings is 1. The molecule has 0 aliphatic rings. The van der Waals surface area contributed by atoms with Crippen LogP contribution in [0.4, 0.5) is 4.39 Å². The van der Waals surface area contributed by atoms with Gasteiger partial charge in [-0.2, -0.15) is 0 Å². The summed E-state index contributed by atoms with van der Waals surface area (Å²) in [6, 6.07) is 13.6. The fraction of sp³-hybridized carbons (Fsp3) is 0.150. The van der Waals surface area contributed by atoms with Crippen LogP contribution in [-0.4, -0.2) is 17.1 Å². The van der Waals surface area contributed by atoms with Crippen LogP contribution in [0.3, 0.4) is 0 Å². The molecule has 0 radical (unpaired) electrons. The summed E-state index contributed by atoms with van der Waals surface area (Å²) in [7, 11) is 1.77. The molecule has 0 aliphatic heterocycles. The van der Waals surface area contributed by atoms with Crippen molar-refractivity contribution in [3.63, 3.8) is 0 Å². The van der Waals surface area contributed by atoms with Crippen molar-refractivity contribution >= 4 is 35.6 Å². The number of aliphatic hydroxyl groups is 1. The Labute approximate surface area is 173 Å². The predicted octanol–water partition coefficient (Wildman–Crippen LogP) is 5.61. The molecule has 1 heterocycles. The zero-order valence-electron chi connectivity index (χ0n) is 14.4. The van der Waals surface area contributed by atoms with Crippen molar-refractivity contribution in [1.29, 1.82) is 0 Å². The molecule has 3 rings (SSSR count). The van der Waals surface area contributed by atoms with Gasteiger partial charge in [-0.15, -0.1) is 12.4 Å². The monoisotopic (exact) mass is 426 g/mol. The topological polar surface area (TPSA) is 45.1 Å². The summed E-state index contributed by atoms with van der Waals surface area (Å²) in [5.41, 5.74) is 3.06. The Morgan fingerprint density at radius 2 is 1.59 bits per heavy atom. The van der Waals surface area contributed by atoms with Crippen molar-refractivity contribution in [3.05, 3.63) is 87.9 Å². The number of rotatable bonds is 5. The molecule has 27 heavy (non-hydrogen) atoms. The normalized spacial score (nSPS) is 12.9. The lowest BCUT2D eigenvalue weighted by Gasteiger charge is -2.24. The zero-order chi connectivity index (χ0) is 18.7. The van der Waals surface area contributed by atoms with Gasteiger partial charge in [0.25, 0.3) is 0 Å². The van der Waals surface area contributed by atoms with Gasteiger partial charge in [0.2, 0.25) is 0 Å². The van der Waals surface area contributed by atoms with Gasteiger partial charge in [0, 0.05) is 11.8 Å². The SMILES string of the molecule is CN[C@H](c1ccc(Cl)c(Cl)c1)[C@@H](O)c1ccc(-c2cncc(F)c2)cc1.Cl. The van der Waals surface area contributed by atoms with Crippen LogP contribution in [0.5, 0.6) is 0 Å². The molecule has 0 fully saturated rings. The molecule has 2 aromatic carbocycles. The van der Waals surface area contributed by atoms with Crippen molar-refractivity contribution in [1.82, 2.24) is 10.3 Å². The van der Waals surface area contributed by atoms with Crippen LogP contribution in [-0.2, 0) is 0 Å². The molecule has 0 aliphatic carbocycles. The molecule has 0 saturated heterocycles. The van der Waals surface area contributed by atoms with E-state index in [1.807, 2.05) is 30.3 Å². The molecule has 1 aromatic heterocycles. The number of aliphatic hydroxyl groups excluding tert-OH is 1. The molecule has 0 saturated carbocycles. The van der Waals surface area contributed by atoms with Gasteiger partial charge in [-0.25, -0.2) is 4.39 Å². The third kappa shape index (κ3) is 4.98. The maximum absolute atomic E-state index is 13.3. The second-order valence-corrected chi connectivity index (χ2v) is 6.71. The molecule has 0 bridgehead atoms. The minimum Gasteiger partial charge on any atom is -0.386 e. The average Bonchev–Trinajstić information content (AvgIpc) is 2.65. The molecular formula is C20H18Cl3FN2O. The van der Waals surface area contributed by atoms with Crippen molar-refractivity contribution in [2.75, 3.05) is 7.05 Å². The Hall–Kier alpha value is -1.69. The maximum Gasteiger partial charge on any atom is 0.142 e. The number of likely N-dealkylation sites (N-methyl/N-ethyl adjacent to an activating group) is 1. The van der Waals surface area contributed by atoms with E-state index in [1.165, 1.54) is 6.07 Å². The van der Waals surface area contributed by atoms with Crippen LogP contribution in [0.2, 0.25) is 10.0 Å². The minimum absolute atomic E-state index is 0. The van der Waals surface area contributed by atoms with E-state index in [0.29, 0.717) is 15.6 Å². The number of nitrogens with one attached hydrogen (secondary N) is 1. The van der Waals surface area contributed by atoms with Gasteiger partial charge in [-0.05, 0) is 41.9 Å². The van der Waals surface area contributed by atoms with Crippen LogP contribution in [0.1, 0.15) is 23.3 Å². The quantitative estimate of drug-likeness (QED) is 0.556. The first-order valence-corrected chi connectivity index (χ1v) is 8.76. The van der Waals surface area contributed by atoms with Crippen LogP contribution in [0.25, 0.3) is 11.1 Å². The molecule has 142 valence electrons. The maximum atomic E-state index is 13.3. The van der Waals surface area contributed by atoms with Gasteiger partial charge in [0.05, 0.1) is 28.4 Å². The molecule has 0 spiro atoms. The first-order valence-electron chi connectivity index (χ1n) is 8.01. The average molecular weight is 428 g/mol. The van der Waals surface area contributed by atoms with E-state index < -0.39 is 6.10 Å². The van der Waals surface area contributed by atoms with E-state index in [-0.39, 0.29) is 24.3 Å². The summed E-state index contributed by atoms with van der Waals surface area (Å²) in [5.74, 6) is -0.388. The number of aromatic nitrogens is 1. The molecule has 2 atom stereocenters. The van der Waals surface area contributed by atoms with Gasteiger partial charge in [0.1, 0.15) is 5.82 Å². The summed E-state index contributed by atoms with van der Waals surface area (Å²) in [6.45, 7) is 0. The smallest absolute Gasteiger partial charge is 0.142 e. The van der Waals surface area contributed by atoms with Gasteiger partial charge in [-0.3, -0.25) is 4.98 Å². The summed E-state index contributed by atoms with van der Waals surface area (Å²) in [5, 5.41) is 14.8. The third-order valence-corrected chi connectivity index (χ3v) is 4.96. The number of hydrogen-bond acceptors (Lipinski definition) is 3. The lowest BCUT2D eigenvalue weighted by atomic mass is 9.94. The Kier molecular flexibility index (Phi) is 7.59. The van der Waals surface area contributed by atoms with Crippen LogP contribution in [0.15, 0.2) is 60.9 Å². The Balaban J connectivity index is 0.00000261. The lowest BCUT2D eigenvalue weighted by Crippen LogP contribution is -2.23. The summed E-state index contributed by atoms with van der Waals surface area (Å²) < 4.78 is 13.3. The summed E-state index contributed by atoms with van der Waals surface area (Å²) in [6.07, 6.45) is 1.97. The van der Waals surface area contributed by atoms with E-state index >= 15 is 0 Å². The third-order valence-electron chi connectivity index (χ3n) is 4.22. The Bertz CT molecular complexity index is 906. The number of nitrogens with zero attached hydrogens (tertiary/aromatic N) is 1. The molecule has 7 heteroatoms. The van der Waals surface area contributed by atoms with E-state index in [0.717, 1.165) is 22.9 Å². The standard InChI is InChI=1S/C20H17Cl2FN2O.ClH/c1-24-19(14-6-7-17(21)18(22)9-14)20(26)13-4-2-12(3-5-13)15-8-16(23)11-25-10-15;/h2-11,19-20,24,26H,1H3;1H/t19-,20+;/m1./s1. The Morgan fingerprint density at radius 1 is 0.926 bits per heavy atom. The van der Waals surface area contributed by atoms with Gasteiger partial charge in [-0.1, -0.05) is 53.5 Å². The van der Waals surface area contributed by atoms with Gasteiger partial charge < -0.3 is 10.4 Å². The first-order chi connectivity index (χ1) is 12.5. The minimum atomic E-state index is -0.795. The summed E-state index contributed by atoms with van der Waals surface area (Å²) in [4.78, 5) is 3.86. The Morgan fingerprint density at radius 3 is 2.19 bits per heavy atom. The molecule has 0 unspecified atom stereocenters. The highest BCUT2D eigenvalue weighted by molar-refractivity contribution is 6.42. The molecule has 0 amide bonds. The lowest BCUT2D eigenvalue weighted by molar-refractivity contribution is 0.133. The van der Waals surface area contributed by atoms with Gasteiger partial charge >= 0.3 is 0 Å². The van der Waals surface area contributed by atoms with Crippen molar-refractivity contribution in [3.8, 4) is 11.1 Å². The van der Waals surface area contributed by atoms with E-state index in [4.69, 9.17) is 23.2 Å². The predicted molar refractivity (Wildman–Crippen MR) is 110 cm³/mol. The molecule has 2 N–H and O–H groups in total. The zero-order valence-corrected chi connectivity index (χ0v) is 16.7. The van der Waals surface area contributed by atoms with Crippen LogP contribution < -0.4 is 5.32 Å². The second kappa shape index (κ2) is 9.49. The highest BCUT2D eigenvalue weighted by Gasteiger charge is 2.22. The number of benzene rings is 2. The highest BCUT2D eigenvalue weighted by atomic mass is 35.5. The fourth-order valence-electron chi connectivity index (χ4n) is 2.85. The highest BCUT2D eigenvalue weighted by Crippen LogP contribution is 2.33. The van der Waals surface area contributed by atoms with E-state index in [1.54, 1.807) is 25.4 Å². The summed E-state index contributed by atoms with van der Waals surface area (Å²) >= 11 is 12.1. The van der Waals surface area contributed by atoms with Crippen molar-refractivity contribution < 1.29 is 9.50 Å². The van der Waals surface area contributed by atoms with Crippen LogP contribution in [0, 0.1) is 5.82 Å². The fourth-order valence-corrected chi connectivity index (χ4v) is 3.15. The van der Waals surface area contributed by atoms with Crippen molar-refractivity contribution in [2.24, 2.45) is 0 Å².